The van der Waals surface area contributed by atoms with Crippen LogP contribution in [0.25, 0.3) is 10.2 Å². The second kappa shape index (κ2) is 6.28. The predicted molar refractivity (Wildman–Crippen MR) is 88.3 cm³/mol. The second-order valence-electron chi connectivity index (χ2n) is 5.48. The summed E-state index contributed by atoms with van der Waals surface area (Å²) < 4.78 is 5.52. The fourth-order valence-electron chi connectivity index (χ4n) is 3.07. The Morgan fingerprint density at radius 1 is 1.24 bits per heavy atom. The summed E-state index contributed by atoms with van der Waals surface area (Å²) in [5.74, 6) is 1.80. The smallest absolute Gasteiger partial charge is 0.161 e. The highest BCUT2D eigenvalue weighted by Crippen LogP contribution is 2.39. The van der Waals surface area contributed by atoms with Crippen LogP contribution in [-0.4, -0.2) is 23.6 Å². The number of hydrogen-bond donors (Lipinski definition) is 1. The van der Waals surface area contributed by atoms with Crippen LogP contribution in [0.3, 0.4) is 0 Å². The molecule has 0 aromatic carbocycles. The van der Waals surface area contributed by atoms with Gasteiger partial charge in [0.25, 0.3) is 0 Å². The number of thiophene rings is 1. The van der Waals surface area contributed by atoms with Gasteiger partial charge in [-0.15, -0.1) is 11.3 Å². The van der Waals surface area contributed by atoms with Crippen molar-refractivity contribution in [1.82, 2.24) is 9.97 Å². The lowest BCUT2D eigenvalue weighted by atomic mass is 9.97. The maximum absolute atomic E-state index is 5.52. The Labute approximate surface area is 129 Å². The number of aryl methyl sites for hydroxylation is 2. The van der Waals surface area contributed by atoms with Crippen LogP contribution in [0.1, 0.15) is 55.5 Å². The summed E-state index contributed by atoms with van der Waals surface area (Å²) in [6.07, 6.45) is 5.80. The van der Waals surface area contributed by atoms with E-state index in [4.69, 9.17) is 14.7 Å². The van der Waals surface area contributed by atoms with Gasteiger partial charge in [-0.3, -0.25) is 0 Å². The predicted octanol–water partition coefficient (Wildman–Crippen LogP) is 4.10. The average molecular weight is 305 g/mol. The van der Waals surface area contributed by atoms with Crippen LogP contribution in [0.5, 0.6) is 0 Å². The first kappa shape index (κ1) is 14.7. The molecule has 3 rings (SSSR count). The third-order valence-electron chi connectivity index (χ3n) is 4.12. The summed E-state index contributed by atoms with van der Waals surface area (Å²) in [7, 11) is 1.73. The molecule has 2 aromatic heterocycles. The highest BCUT2D eigenvalue weighted by atomic mass is 32.1. The first-order valence-corrected chi connectivity index (χ1v) is 8.68. The molecule has 1 atom stereocenters. The van der Waals surface area contributed by atoms with Crippen molar-refractivity contribution in [2.45, 2.75) is 52.1 Å². The molecule has 0 saturated carbocycles. The highest BCUT2D eigenvalue weighted by Gasteiger charge is 2.22. The molecule has 1 aliphatic rings. The lowest BCUT2D eigenvalue weighted by Crippen LogP contribution is -2.10. The molecule has 2 heterocycles. The summed E-state index contributed by atoms with van der Waals surface area (Å²) in [5.41, 5.74) is 1.48. The molecule has 1 N–H and O–H groups in total. The molecule has 0 fully saturated rings. The molecule has 2 aromatic rings. The fraction of sp³-hybridized carbons (Fsp3) is 0.625. The van der Waals surface area contributed by atoms with Gasteiger partial charge in [-0.1, -0.05) is 6.92 Å². The van der Waals surface area contributed by atoms with Gasteiger partial charge in [0, 0.05) is 18.5 Å². The Balaban J connectivity index is 2.17. The van der Waals surface area contributed by atoms with Gasteiger partial charge >= 0.3 is 0 Å². The van der Waals surface area contributed by atoms with Crippen LogP contribution in [0.4, 0.5) is 5.82 Å². The summed E-state index contributed by atoms with van der Waals surface area (Å²) in [5, 5.41) is 4.69. The zero-order valence-electron chi connectivity index (χ0n) is 13.0. The van der Waals surface area contributed by atoms with Crippen molar-refractivity contribution in [2.75, 3.05) is 19.0 Å². The molecule has 5 heteroatoms. The van der Waals surface area contributed by atoms with E-state index >= 15 is 0 Å². The third-order valence-corrected chi connectivity index (χ3v) is 5.31. The number of nitrogens with zero attached hydrogens (tertiary/aromatic N) is 2. The third kappa shape index (κ3) is 2.64. The zero-order valence-corrected chi connectivity index (χ0v) is 13.8. The zero-order chi connectivity index (χ0) is 14.8. The number of methoxy groups -OCH3 is 1. The summed E-state index contributed by atoms with van der Waals surface area (Å²) in [6.45, 7) is 5.09. The van der Waals surface area contributed by atoms with Gasteiger partial charge in [-0.05, 0) is 44.6 Å². The van der Waals surface area contributed by atoms with Crippen LogP contribution < -0.4 is 5.32 Å². The van der Waals surface area contributed by atoms with E-state index in [0.29, 0.717) is 0 Å². The highest BCUT2D eigenvalue weighted by molar-refractivity contribution is 7.19. The number of nitrogens with one attached hydrogen (secondary N) is 1. The van der Waals surface area contributed by atoms with Crippen molar-refractivity contribution >= 4 is 27.4 Å². The van der Waals surface area contributed by atoms with E-state index in [1.807, 2.05) is 11.3 Å². The van der Waals surface area contributed by atoms with Crippen molar-refractivity contribution in [3.8, 4) is 0 Å². The van der Waals surface area contributed by atoms with E-state index in [9.17, 15) is 0 Å². The lowest BCUT2D eigenvalue weighted by molar-refractivity contribution is 0.0930. The molecule has 0 saturated heterocycles. The van der Waals surface area contributed by atoms with E-state index in [2.05, 4.69) is 19.2 Å². The van der Waals surface area contributed by atoms with Crippen LogP contribution in [0.15, 0.2) is 0 Å². The number of anilines is 1. The van der Waals surface area contributed by atoms with Crippen molar-refractivity contribution in [3.63, 3.8) is 0 Å². The lowest BCUT2D eigenvalue weighted by Gasteiger charge is -2.15. The Morgan fingerprint density at radius 2 is 2.05 bits per heavy atom. The molecule has 0 amide bonds. The van der Waals surface area contributed by atoms with Crippen LogP contribution in [0.2, 0.25) is 0 Å². The monoisotopic (exact) mass is 305 g/mol. The van der Waals surface area contributed by atoms with Crippen LogP contribution >= 0.6 is 11.3 Å². The molecular formula is C16H23N3OS. The van der Waals surface area contributed by atoms with Crippen molar-refractivity contribution in [1.29, 1.82) is 0 Å². The minimum atomic E-state index is -0.0223. The number of rotatable bonds is 5. The van der Waals surface area contributed by atoms with Gasteiger partial charge in [-0.2, -0.15) is 0 Å². The molecule has 0 spiro atoms. The summed E-state index contributed by atoms with van der Waals surface area (Å²) in [6, 6.07) is 0. The Morgan fingerprint density at radius 3 is 2.76 bits per heavy atom. The van der Waals surface area contributed by atoms with Crippen LogP contribution in [0, 0.1) is 0 Å². The molecule has 4 nitrogen and oxygen atoms in total. The maximum Gasteiger partial charge on any atom is 0.161 e. The number of fused-ring (bicyclic) bond motifs is 3. The normalized spacial score (nSPS) is 16.0. The van der Waals surface area contributed by atoms with E-state index < -0.39 is 0 Å². The topological polar surface area (TPSA) is 47.0 Å². The molecule has 1 aliphatic carbocycles. The quantitative estimate of drug-likeness (QED) is 0.903. The van der Waals surface area contributed by atoms with Crippen molar-refractivity contribution < 1.29 is 4.74 Å². The van der Waals surface area contributed by atoms with E-state index in [1.54, 1.807) is 7.11 Å². The van der Waals surface area contributed by atoms with Gasteiger partial charge in [-0.25, -0.2) is 9.97 Å². The minimum absolute atomic E-state index is 0.0223. The van der Waals surface area contributed by atoms with Crippen molar-refractivity contribution in [3.05, 3.63) is 16.3 Å². The first-order valence-electron chi connectivity index (χ1n) is 7.87. The van der Waals surface area contributed by atoms with Gasteiger partial charge in [0.15, 0.2) is 5.82 Å². The number of hydrogen-bond acceptors (Lipinski definition) is 5. The number of aromatic nitrogens is 2. The average Bonchev–Trinajstić information content (AvgIpc) is 2.87. The molecule has 0 radical (unpaired) electrons. The van der Waals surface area contributed by atoms with Gasteiger partial charge in [0.1, 0.15) is 16.8 Å². The standard InChI is InChI=1S/C16H23N3OS/c1-4-11(20-3)14-18-15(17-5-2)13-10-8-6-7-9-12(10)21-16(13)19-14/h11H,4-9H2,1-3H3,(H,17,18,19). The molecule has 114 valence electrons. The van der Waals surface area contributed by atoms with E-state index in [-0.39, 0.29) is 6.10 Å². The molecule has 1 unspecified atom stereocenters. The molecular weight excluding hydrogens is 282 g/mol. The fourth-order valence-corrected chi connectivity index (χ4v) is 4.34. The maximum atomic E-state index is 5.52. The molecule has 21 heavy (non-hydrogen) atoms. The van der Waals surface area contributed by atoms with Gasteiger partial charge in [0.2, 0.25) is 0 Å². The summed E-state index contributed by atoms with van der Waals surface area (Å²) in [4.78, 5) is 12.2. The van der Waals surface area contributed by atoms with E-state index in [0.717, 1.165) is 35.9 Å². The Hall–Kier alpha value is -1.20. The SMILES string of the molecule is CCNc1nc(C(CC)OC)nc2sc3c(c12)CCCC3. The number of ether oxygens (including phenoxy) is 1. The Kier molecular flexibility index (Phi) is 4.40. The van der Waals surface area contributed by atoms with Gasteiger partial charge in [0.05, 0.1) is 5.39 Å². The minimum Gasteiger partial charge on any atom is -0.373 e. The van der Waals surface area contributed by atoms with Crippen molar-refractivity contribution in [2.24, 2.45) is 0 Å². The largest absolute Gasteiger partial charge is 0.373 e. The Bertz CT molecular complexity index is 634. The first-order chi connectivity index (χ1) is 10.3. The summed E-state index contributed by atoms with van der Waals surface area (Å²) >= 11 is 1.85. The molecule has 0 bridgehead atoms. The molecule has 0 aliphatic heterocycles. The van der Waals surface area contributed by atoms with E-state index in [1.165, 1.54) is 35.1 Å². The second-order valence-corrected chi connectivity index (χ2v) is 6.57. The van der Waals surface area contributed by atoms with Crippen LogP contribution in [-0.2, 0) is 17.6 Å². The van der Waals surface area contributed by atoms with Gasteiger partial charge < -0.3 is 10.1 Å².